The van der Waals surface area contributed by atoms with Gasteiger partial charge in [0.15, 0.2) is 6.29 Å². The zero-order chi connectivity index (χ0) is 31.1. The molecule has 0 saturated carbocycles. The normalized spacial score (nSPS) is 23.1. The second-order valence-corrected chi connectivity index (χ2v) is 13.7. The first-order chi connectivity index (χ1) is 22.0. The van der Waals surface area contributed by atoms with Gasteiger partial charge in [0.25, 0.3) is 10.0 Å². The Morgan fingerprint density at radius 3 is 2.04 bits per heavy atom. The van der Waals surface area contributed by atoms with E-state index in [2.05, 4.69) is 33.9 Å². The van der Waals surface area contributed by atoms with Gasteiger partial charge in [-0.15, -0.1) is 0 Å². The van der Waals surface area contributed by atoms with Crippen LogP contribution in [0.3, 0.4) is 0 Å². The van der Waals surface area contributed by atoms with Crippen molar-refractivity contribution >= 4 is 15.7 Å². The molecule has 0 amide bonds. The molecule has 4 aromatic carbocycles. The van der Waals surface area contributed by atoms with Crippen LogP contribution in [0.5, 0.6) is 0 Å². The smallest absolute Gasteiger partial charge is 0.261 e. The number of hydrogen-bond donors (Lipinski definition) is 2. The maximum atomic E-state index is 13.1. The van der Waals surface area contributed by atoms with E-state index in [9.17, 15) is 13.5 Å². The molecule has 7 nitrogen and oxygen atoms in total. The van der Waals surface area contributed by atoms with Crippen molar-refractivity contribution in [1.29, 1.82) is 0 Å². The van der Waals surface area contributed by atoms with Crippen LogP contribution in [0.15, 0.2) is 114 Å². The van der Waals surface area contributed by atoms with Crippen LogP contribution in [0.25, 0.3) is 0 Å². The fourth-order valence-electron chi connectivity index (χ4n) is 6.48. The van der Waals surface area contributed by atoms with Gasteiger partial charge in [-0.3, -0.25) is 4.72 Å². The van der Waals surface area contributed by atoms with Crippen LogP contribution < -0.4 is 4.72 Å². The molecular weight excluding hydrogens is 584 g/mol. The van der Waals surface area contributed by atoms with Crippen LogP contribution in [0.1, 0.15) is 72.7 Å². The van der Waals surface area contributed by atoms with E-state index >= 15 is 0 Å². The number of rotatable bonds is 9. The molecule has 4 aromatic rings. The monoisotopic (exact) mass is 626 g/mol. The fourth-order valence-corrected chi connectivity index (χ4v) is 7.55. The molecule has 2 aliphatic heterocycles. The Hall–Kier alpha value is -3.53. The average Bonchev–Trinajstić information content (AvgIpc) is 3.06. The summed E-state index contributed by atoms with van der Waals surface area (Å²) in [6.45, 7) is 2.83. The molecule has 8 heteroatoms. The highest BCUT2D eigenvalue weighted by Gasteiger charge is 2.42. The summed E-state index contributed by atoms with van der Waals surface area (Å²) < 4.78 is 42.7. The van der Waals surface area contributed by atoms with Crippen LogP contribution in [-0.4, -0.2) is 44.2 Å². The number of anilines is 1. The van der Waals surface area contributed by atoms with Crippen molar-refractivity contribution in [2.75, 3.05) is 24.4 Å². The van der Waals surface area contributed by atoms with Gasteiger partial charge >= 0.3 is 0 Å². The van der Waals surface area contributed by atoms with Crippen molar-refractivity contribution in [3.63, 3.8) is 0 Å². The summed E-state index contributed by atoms with van der Waals surface area (Å²) >= 11 is 0. The van der Waals surface area contributed by atoms with Gasteiger partial charge in [0, 0.05) is 23.7 Å². The van der Waals surface area contributed by atoms with Gasteiger partial charge < -0.3 is 19.5 Å². The van der Waals surface area contributed by atoms with Gasteiger partial charge in [-0.2, -0.15) is 0 Å². The molecular formula is C37H42N2O5S. The largest absolute Gasteiger partial charge is 0.392 e. The number of hydrogen-bond acceptors (Lipinski definition) is 6. The number of nitrogens with zero attached hydrogens (tertiary/aromatic N) is 1. The standard InChI is InChI=1S/C37H42N2O5S/c40-27-28-19-21-30(22-20-28)36-35(29-13-6-4-7-14-29)34(26-39-23-10-2-1-3-11-24-39)43-37(44-36)31-15-12-16-32(25-31)38-45(41,42)33-17-8-5-9-18-33/h4-9,12-22,25,34-38,40H,1-3,10-11,23-24,26-27H2/t34-,35-,36+,37?/m1/s1. The summed E-state index contributed by atoms with van der Waals surface area (Å²) in [5.74, 6) is -0.0763. The zero-order valence-corrected chi connectivity index (χ0v) is 26.3. The molecule has 2 fully saturated rings. The van der Waals surface area contributed by atoms with Crippen LogP contribution in [0.2, 0.25) is 0 Å². The number of aliphatic hydroxyl groups is 1. The third-order valence-electron chi connectivity index (χ3n) is 8.82. The predicted molar refractivity (Wildman–Crippen MR) is 176 cm³/mol. The second-order valence-electron chi connectivity index (χ2n) is 12.0. The summed E-state index contributed by atoms with van der Waals surface area (Å²) in [4.78, 5) is 2.74. The van der Waals surface area contributed by atoms with Gasteiger partial charge in [-0.1, -0.05) is 104 Å². The number of nitrogens with one attached hydrogen (secondary N) is 1. The predicted octanol–water partition coefficient (Wildman–Crippen LogP) is 7.18. The molecule has 2 heterocycles. The number of ether oxygens (including phenoxy) is 2. The van der Waals surface area contributed by atoms with Gasteiger partial charge in [0.2, 0.25) is 0 Å². The first-order valence-corrected chi connectivity index (χ1v) is 17.4. The maximum Gasteiger partial charge on any atom is 0.261 e. The van der Waals surface area contributed by atoms with E-state index in [1.165, 1.54) is 32.1 Å². The van der Waals surface area contributed by atoms with Gasteiger partial charge in [-0.25, -0.2) is 8.42 Å². The van der Waals surface area contributed by atoms with E-state index in [0.717, 1.165) is 41.9 Å². The molecule has 0 aliphatic carbocycles. The second kappa shape index (κ2) is 14.7. The first kappa shape index (κ1) is 31.5. The molecule has 6 rings (SSSR count). The van der Waals surface area contributed by atoms with E-state index in [4.69, 9.17) is 9.47 Å². The van der Waals surface area contributed by atoms with E-state index in [1.54, 1.807) is 42.5 Å². The molecule has 0 aromatic heterocycles. The van der Waals surface area contributed by atoms with Crippen molar-refractivity contribution in [2.45, 2.75) is 68.0 Å². The molecule has 45 heavy (non-hydrogen) atoms. The molecule has 0 bridgehead atoms. The van der Waals surface area contributed by atoms with Crippen molar-refractivity contribution in [3.8, 4) is 0 Å². The van der Waals surface area contributed by atoms with Gasteiger partial charge in [0.05, 0.1) is 23.7 Å². The van der Waals surface area contributed by atoms with Crippen LogP contribution >= 0.6 is 0 Å². The molecule has 1 unspecified atom stereocenters. The average molecular weight is 627 g/mol. The maximum absolute atomic E-state index is 13.1. The Bertz CT molecular complexity index is 1610. The number of benzene rings is 4. The SMILES string of the molecule is O=S(=O)(Nc1cccc(C2O[C@H](CN3CCCCCCC3)[C@@H](c3ccccc3)[C@H](c3ccc(CO)cc3)O2)c1)c1ccccc1. The highest BCUT2D eigenvalue weighted by atomic mass is 32.2. The third kappa shape index (κ3) is 7.83. The molecule has 2 saturated heterocycles. The molecule has 4 atom stereocenters. The fraction of sp³-hybridized carbons (Fsp3) is 0.351. The van der Waals surface area contributed by atoms with Crippen molar-refractivity contribution in [1.82, 2.24) is 4.90 Å². The zero-order valence-electron chi connectivity index (χ0n) is 25.5. The minimum Gasteiger partial charge on any atom is -0.392 e. The molecule has 0 spiro atoms. The molecule has 236 valence electrons. The lowest BCUT2D eigenvalue weighted by Crippen LogP contribution is -2.45. The van der Waals surface area contributed by atoms with Crippen LogP contribution in [0, 0.1) is 0 Å². The lowest BCUT2D eigenvalue weighted by molar-refractivity contribution is -0.263. The quantitative estimate of drug-likeness (QED) is 0.205. The summed E-state index contributed by atoms with van der Waals surface area (Å²) in [6, 6.07) is 34.0. The summed E-state index contributed by atoms with van der Waals surface area (Å²) in [7, 11) is -3.76. The summed E-state index contributed by atoms with van der Waals surface area (Å²) in [5.41, 5.74) is 4.18. The van der Waals surface area contributed by atoms with Crippen LogP contribution in [0.4, 0.5) is 5.69 Å². The third-order valence-corrected chi connectivity index (χ3v) is 10.2. The van der Waals surface area contributed by atoms with Gasteiger partial charge in [-0.05, 0) is 66.9 Å². The van der Waals surface area contributed by atoms with Crippen LogP contribution in [-0.2, 0) is 26.1 Å². The Kier molecular flexibility index (Phi) is 10.3. The Balaban J connectivity index is 1.35. The number of likely N-dealkylation sites (tertiary alicyclic amines) is 1. The Morgan fingerprint density at radius 2 is 1.36 bits per heavy atom. The lowest BCUT2D eigenvalue weighted by Gasteiger charge is -2.44. The van der Waals surface area contributed by atoms with E-state index in [0.29, 0.717) is 5.69 Å². The highest BCUT2D eigenvalue weighted by Crippen LogP contribution is 2.47. The topological polar surface area (TPSA) is 88.1 Å². The van der Waals surface area contributed by atoms with Crippen molar-refractivity contribution < 1.29 is 23.0 Å². The van der Waals surface area contributed by atoms with E-state index in [-0.39, 0.29) is 29.6 Å². The lowest BCUT2D eigenvalue weighted by atomic mass is 9.83. The Morgan fingerprint density at radius 1 is 0.711 bits per heavy atom. The van der Waals surface area contributed by atoms with E-state index in [1.807, 2.05) is 42.5 Å². The van der Waals surface area contributed by atoms with E-state index < -0.39 is 16.3 Å². The molecule has 2 aliphatic rings. The number of aliphatic hydroxyl groups excluding tert-OH is 1. The summed E-state index contributed by atoms with van der Waals surface area (Å²) in [6.07, 6.45) is 4.93. The summed E-state index contributed by atoms with van der Waals surface area (Å²) in [5, 5.41) is 9.70. The van der Waals surface area contributed by atoms with Crippen molar-refractivity contribution in [2.24, 2.45) is 0 Å². The first-order valence-electron chi connectivity index (χ1n) is 16.0. The molecule has 2 N–H and O–H groups in total. The molecule has 0 radical (unpaired) electrons. The minimum atomic E-state index is -3.76. The van der Waals surface area contributed by atoms with Gasteiger partial charge in [0.1, 0.15) is 0 Å². The minimum absolute atomic E-state index is 0.0249. The Labute approximate surface area is 266 Å². The number of sulfonamides is 1. The van der Waals surface area contributed by atoms with Crippen molar-refractivity contribution in [3.05, 3.63) is 131 Å². The highest BCUT2D eigenvalue weighted by molar-refractivity contribution is 7.92.